The molecule has 0 fully saturated rings. The highest BCUT2D eigenvalue weighted by molar-refractivity contribution is 5.19. The monoisotopic (exact) mass is 261 g/mol. The summed E-state index contributed by atoms with van der Waals surface area (Å²) in [5.41, 5.74) is 1.21. The standard InChI is InChI=1S/C14H19N3O2/c1-15-12(11-6-4-3-5-7-11)10-14-16-13(17-19-14)8-9-18-2/h3-7,12,15H,8-10H2,1-2H3. The van der Waals surface area contributed by atoms with Crippen LogP contribution >= 0.6 is 0 Å². The Labute approximate surface area is 113 Å². The van der Waals surface area contributed by atoms with E-state index in [1.54, 1.807) is 7.11 Å². The predicted molar refractivity (Wildman–Crippen MR) is 71.8 cm³/mol. The lowest BCUT2D eigenvalue weighted by molar-refractivity contribution is 0.199. The first kappa shape index (κ1) is 13.7. The number of likely N-dealkylation sites (N-methyl/N-ethyl adjacent to an activating group) is 1. The zero-order valence-electron chi connectivity index (χ0n) is 11.3. The van der Waals surface area contributed by atoms with Crippen LogP contribution in [-0.2, 0) is 17.6 Å². The second kappa shape index (κ2) is 7.01. The molecule has 1 aromatic carbocycles. The van der Waals surface area contributed by atoms with E-state index >= 15 is 0 Å². The molecule has 0 spiro atoms. The van der Waals surface area contributed by atoms with Crippen molar-refractivity contribution >= 4 is 0 Å². The molecule has 19 heavy (non-hydrogen) atoms. The van der Waals surface area contributed by atoms with Crippen LogP contribution in [0.1, 0.15) is 23.3 Å². The van der Waals surface area contributed by atoms with Crippen molar-refractivity contribution < 1.29 is 9.26 Å². The first-order chi connectivity index (χ1) is 9.33. The molecule has 5 nitrogen and oxygen atoms in total. The van der Waals surface area contributed by atoms with Gasteiger partial charge in [0, 0.05) is 26.0 Å². The van der Waals surface area contributed by atoms with Crippen LogP contribution in [0.4, 0.5) is 0 Å². The normalized spacial score (nSPS) is 12.5. The largest absolute Gasteiger partial charge is 0.384 e. The summed E-state index contributed by atoms with van der Waals surface area (Å²) in [6, 6.07) is 10.4. The van der Waals surface area contributed by atoms with E-state index in [2.05, 4.69) is 27.6 Å². The van der Waals surface area contributed by atoms with Gasteiger partial charge in [-0.05, 0) is 12.6 Å². The van der Waals surface area contributed by atoms with Gasteiger partial charge in [-0.1, -0.05) is 35.5 Å². The number of nitrogens with one attached hydrogen (secondary N) is 1. The Morgan fingerprint density at radius 2 is 2.11 bits per heavy atom. The van der Waals surface area contributed by atoms with Crippen molar-refractivity contribution in [2.45, 2.75) is 18.9 Å². The summed E-state index contributed by atoms with van der Waals surface area (Å²) >= 11 is 0. The number of hydrogen-bond donors (Lipinski definition) is 1. The van der Waals surface area contributed by atoms with Crippen LogP contribution in [0.25, 0.3) is 0 Å². The summed E-state index contributed by atoms with van der Waals surface area (Å²) in [6.07, 6.45) is 1.36. The minimum atomic E-state index is 0.178. The van der Waals surface area contributed by atoms with Gasteiger partial charge >= 0.3 is 0 Å². The van der Waals surface area contributed by atoms with Gasteiger partial charge in [-0.25, -0.2) is 0 Å². The van der Waals surface area contributed by atoms with Crippen LogP contribution in [0.15, 0.2) is 34.9 Å². The fourth-order valence-electron chi connectivity index (χ4n) is 1.91. The summed E-state index contributed by atoms with van der Waals surface area (Å²) in [4.78, 5) is 4.36. The van der Waals surface area contributed by atoms with E-state index in [-0.39, 0.29) is 6.04 Å². The zero-order chi connectivity index (χ0) is 13.5. The Balaban J connectivity index is 2.00. The summed E-state index contributed by atoms with van der Waals surface area (Å²) in [5.74, 6) is 1.34. The summed E-state index contributed by atoms with van der Waals surface area (Å²) in [5, 5.41) is 7.21. The SMILES string of the molecule is CNC(Cc1nc(CCOC)no1)c1ccccc1. The minimum Gasteiger partial charge on any atom is -0.384 e. The molecule has 0 aliphatic carbocycles. The van der Waals surface area contributed by atoms with E-state index in [4.69, 9.17) is 9.26 Å². The molecule has 102 valence electrons. The molecular formula is C14H19N3O2. The van der Waals surface area contributed by atoms with Gasteiger partial charge < -0.3 is 14.6 Å². The van der Waals surface area contributed by atoms with E-state index < -0.39 is 0 Å². The third-order valence-electron chi connectivity index (χ3n) is 2.97. The summed E-state index contributed by atoms with van der Waals surface area (Å²) < 4.78 is 10.3. The molecule has 2 rings (SSSR count). The molecule has 0 aliphatic rings. The number of rotatable bonds is 7. The Bertz CT molecular complexity index is 484. The predicted octanol–water partition coefficient (Wildman–Crippen LogP) is 1.76. The number of aromatic nitrogens is 2. The Kier molecular flexibility index (Phi) is 5.06. The molecule has 0 saturated heterocycles. The van der Waals surface area contributed by atoms with E-state index in [9.17, 15) is 0 Å². The molecule has 0 aliphatic heterocycles. The van der Waals surface area contributed by atoms with E-state index in [1.165, 1.54) is 5.56 Å². The third kappa shape index (κ3) is 3.87. The highest BCUT2D eigenvalue weighted by Gasteiger charge is 2.14. The van der Waals surface area contributed by atoms with Gasteiger partial charge in [0.05, 0.1) is 6.61 Å². The van der Waals surface area contributed by atoms with Crippen LogP contribution in [0.3, 0.4) is 0 Å². The fraction of sp³-hybridized carbons (Fsp3) is 0.429. The summed E-state index contributed by atoms with van der Waals surface area (Å²) in [6.45, 7) is 0.604. The van der Waals surface area contributed by atoms with Crippen molar-refractivity contribution in [3.05, 3.63) is 47.6 Å². The quantitative estimate of drug-likeness (QED) is 0.823. The molecule has 0 amide bonds. The van der Waals surface area contributed by atoms with Crippen LogP contribution in [-0.4, -0.2) is 30.9 Å². The molecule has 1 aromatic heterocycles. The summed E-state index contributed by atoms with van der Waals surface area (Å²) in [7, 11) is 3.59. The molecule has 1 unspecified atom stereocenters. The molecule has 0 saturated carbocycles. The van der Waals surface area contributed by atoms with Gasteiger partial charge in [0.25, 0.3) is 0 Å². The number of methoxy groups -OCH3 is 1. The van der Waals surface area contributed by atoms with Gasteiger partial charge in [-0.15, -0.1) is 0 Å². The average molecular weight is 261 g/mol. The number of ether oxygens (including phenoxy) is 1. The van der Waals surface area contributed by atoms with Gasteiger partial charge in [0.15, 0.2) is 5.82 Å². The maximum Gasteiger partial charge on any atom is 0.228 e. The second-order valence-electron chi connectivity index (χ2n) is 4.30. The average Bonchev–Trinajstić information content (AvgIpc) is 2.91. The topological polar surface area (TPSA) is 60.2 Å². The lowest BCUT2D eigenvalue weighted by Gasteiger charge is -2.13. The Hall–Kier alpha value is -1.72. The first-order valence-electron chi connectivity index (χ1n) is 6.36. The van der Waals surface area contributed by atoms with Crippen molar-refractivity contribution in [3.8, 4) is 0 Å². The molecule has 2 aromatic rings. The van der Waals surface area contributed by atoms with E-state index in [0.717, 1.165) is 0 Å². The first-order valence-corrected chi connectivity index (χ1v) is 6.36. The van der Waals surface area contributed by atoms with Crippen molar-refractivity contribution in [2.24, 2.45) is 0 Å². The number of hydrogen-bond acceptors (Lipinski definition) is 5. The maximum absolute atomic E-state index is 5.26. The molecular weight excluding hydrogens is 242 g/mol. The third-order valence-corrected chi connectivity index (χ3v) is 2.97. The van der Waals surface area contributed by atoms with Crippen LogP contribution in [0.2, 0.25) is 0 Å². The smallest absolute Gasteiger partial charge is 0.228 e. The molecule has 1 heterocycles. The maximum atomic E-state index is 5.26. The van der Waals surface area contributed by atoms with Crippen molar-refractivity contribution in [3.63, 3.8) is 0 Å². The van der Waals surface area contributed by atoms with Gasteiger partial charge in [-0.2, -0.15) is 4.98 Å². The van der Waals surface area contributed by atoms with Crippen molar-refractivity contribution in [2.75, 3.05) is 20.8 Å². The highest BCUT2D eigenvalue weighted by Crippen LogP contribution is 2.16. The van der Waals surface area contributed by atoms with Crippen LogP contribution in [0, 0.1) is 0 Å². The van der Waals surface area contributed by atoms with Crippen LogP contribution in [0.5, 0.6) is 0 Å². The Morgan fingerprint density at radius 3 is 2.79 bits per heavy atom. The van der Waals surface area contributed by atoms with Crippen LogP contribution < -0.4 is 5.32 Å². The zero-order valence-corrected chi connectivity index (χ0v) is 11.3. The lowest BCUT2D eigenvalue weighted by atomic mass is 10.0. The molecule has 0 radical (unpaired) electrons. The molecule has 1 atom stereocenters. The van der Waals surface area contributed by atoms with Gasteiger partial charge in [0.1, 0.15) is 0 Å². The number of nitrogens with zero attached hydrogens (tertiary/aromatic N) is 2. The molecule has 0 bridgehead atoms. The Morgan fingerprint density at radius 1 is 1.32 bits per heavy atom. The highest BCUT2D eigenvalue weighted by atomic mass is 16.5. The van der Waals surface area contributed by atoms with Crippen molar-refractivity contribution in [1.82, 2.24) is 15.5 Å². The molecule has 5 heteroatoms. The second-order valence-corrected chi connectivity index (χ2v) is 4.30. The minimum absolute atomic E-state index is 0.178. The van der Waals surface area contributed by atoms with E-state index in [0.29, 0.717) is 31.2 Å². The number of benzene rings is 1. The lowest BCUT2D eigenvalue weighted by Crippen LogP contribution is -2.18. The van der Waals surface area contributed by atoms with Gasteiger partial charge in [-0.3, -0.25) is 0 Å². The van der Waals surface area contributed by atoms with Gasteiger partial charge in [0.2, 0.25) is 5.89 Å². The van der Waals surface area contributed by atoms with E-state index in [1.807, 2.05) is 25.2 Å². The molecule has 1 N–H and O–H groups in total. The van der Waals surface area contributed by atoms with Crippen molar-refractivity contribution in [1.29, 1.82) is 0 Å². The fourth-order valence-corrected chi connectivity index (χ4v) is 1.91.